The second-order valence-corrected chi connectivity index (χ2v) is 6.29. The summed E-state index contributed by atoms with van der Waals surface area (Å²) >= 11 is 0. The lowest BCUT2D eigenvalue weighted by atomic mass is 10.3. The number of imidazole rings is 1. The predicted octanol–water partition coefficient (Wildman–Crippen LogP) is 2.24. The molecule has 1 amide bonds. The van der Waals surface area contributed by atoms with E-state index in [1.165, 1.54) is 16.7 Å². The van der Waals surface area contributed by atoms with Crippen molar-refractivity contribution < 1.29 is 9.53 Å². The Morgan fingerprint density at radius 1 is 1.29 bits per heavy atom. The van der Waals surface area contributed by atoms with Gasteiger partial charge in [0, 0.05) is 38.6 Å². The number of pyridine rings is 1. The molecule has 8 nitrogen and oxygen atoms in total. The summed E-state index contributed by atoms with van der Waals surface area (Å²) in [6.07, 6.45) is 4.17. The number of benzene rings is 1. The summed E-state index contributed by atoms with van der Waals surface area (Å²) in [4.78, 5) is 33.4. The quantitative estimate of drug-likeness (QED) is 0.356. The molecule has 0 atom stereocenters. The van der Waals surface area contributed by atoms with Crippen LogP contribution in [0.4, 0.5) is 5.69 Å². The maximum Gasteiger partial charge on any atom is 0.274 e. The molecular weight excluding hydrogens is 358 g/mol. The Balaban J connectivity index is 1.56. The van der Waals surface area contributed by atoms with E-state index in [-0.39, 0.29) is 17.2 Å². The van der Waals surface area contributed by atoms with E-state index in [4.69, 9.17) is 4.74 Å². The first kappa shape index (κ1) is 19.2. The highest BCUT2D eigenvalue weighted by Crippen LogP contribution is 2.17. The first-order valence-corrected chi connectivity index (χ1v) is 8.94. The number of amides is 1. The molecule has 8 heteroatoms. The van der Waals surface area contributed by atoms with Crippen molar-refractivity contribution in [1.82, 2.24) is 14.3 Å². The molecule has 0 spiro atoms. The molecule has 0 radical (unpaired) electrons. The molecule has 2 aromatic heterocycles. The summed E-state index contributed by atoms with van der Waals surface area (Å²) in [5.74, 6) is 0.363. The molecule has 3 rings (SSSR count). The van der Waals surface area contributed by atoms with Crippen LogP contribution in [0.2, 0.25) is 0 Å². The Hall–Kier alpha value is -3.55. The maximum atomic E-state index is 12.5. The van der Waals surface area contributed by atoms with Gasteiger partial charge < -0.3 is 19.9 Å². The van der Waals surface area contributed by atoms with Crippen molar-refractivity contribution in [1.29, 1.82) is 0 Å². The van der Waals surface area contributed by atoms with Crippen LogP contribution < -0.4 is 15.6 Å². The van der Waals surface area contributed by atoms with E-state index in [1.54, 1.807) is 49.8 Å². The van der Waals surface area contributed by atoms with Gasteiger partial charge >= 0.3 is 0 Å². The van der Waals surface area contributed by atoms with E-state index in [9.17, 15) is 9.59 Å². The third-order valence-corrected chi connectivity index (χ3v) is 4.13. The zero-order valence-corrected chi connectivity index (χ0v) is 15.9. The lowest BCUT2D eigenvalue weighted by Crippen LogP contribution is -2.20. The van der Waals surface area contributed by atoms with Gasteiger partial charge in [0.25, 0.3) is 11.5 Å². The normalized spacial score (nSPS) is 11.1. The van der Waals surface area contributed by atoms with Crippen molar-refractivity contribution in [3.8, 4) is 5.75 Å². The second-order valence-electron chi connectivity index (χ2n) is 6.29. The smallest absolute Gasteiger partial charge is 0.274 e. The summed E-state index contributed by atoms with van der Waals surface area (Å²) in [6.45, 7) is 1.45. The minimum atomic E-state index is -0.367. The summed E-state index contributed by atoms with van der Waals surface area (Å²) in [5.41, 5.74) is 1.18. The number of carbonyl (C=O) groups excluding carboxylic acids is 1. The SMILES string of the molecule is CN=CN(C)CCCOc1ccc(NC(=O)c2c[nH]c3cccc(=O)n23)cc1. The van der Waals surface area contributed by atoms with Crippen molar-refractivity contribution >= 4 is 23.6 Å². The molecule has 0 bridgehead atoms. The van der Waals surface area contributed by atoms with Gasteiger partial charge in [-0.05, 0) is 36.8 Å². The topological polar surface area (TPSA) is 91.2 Å². The fraction of sp³-hybridized carbons (Fsp3) is 0.250. The summed E-state index contributed by atoms with van der Waals surface area (Å²) in [6, 6.07) is 11.9. The van der Waals surface area contributed by atoms with Gasteiger partial charge in [0.15, 0.2) is 0 Å². The van der Waals surface area contributed by atoms with Crippen molar-refractivity contribution in [3.63, 3.8) is 0 Å². The van der Waals surface area contributed by atoms with Crippen molar-refractivity contribution in [3.05, 3.63) is 64.7 Å². The van der Waals surface area contributed by atoms with Crippen LogP contribution >= 0.6 is 0 Å². The molecule has 1 aromatic carbocycles. The van der Waals surface area contributed by atoms with Gasteiger partial charge in [-0.25, -0.2) is 0 Å². The number of ether oxygens (including phenoxy) is 1. The number of aromatic amines is 1. The van der Waals surface area contributed by atoms with E-state index >= 15 is 0 Å². The van der Waals surface area contributed by atoms with Crippen LogP contribution in [0.15, 0.2) is 58.4 Å². The first-order valence-electron chi connectivity index (χ1n) is 8.94. The highest BCUT2D eigenvalue weighted by Gasteiger charge is 2.13. The van der Waals surface area contributed by atoms with Gasteiger partial charge in [0.1, 0.15) is 17.1 Å². The van der Waals surface area contributed by atoms with Crippen molar-refractivity contribution in [2.24, 2.45) is 4.99 Å². The Morgan fingerprint density at radius 3 is 2.82 bits per heavy atom. The third kappa shape index (κ3) is 4.59. The lowest BCUT2D eigenvalue weighted by molar-refractivity contribution is 0.102. The molecule has 2 heterocycles. The van der Waals surface area contributed by atoms with Crippen LogP contribution in [0.3, 0.4) is 0 Å². The molecule has 0 aliphatic heterocycles. The number of H-pyrrole nitrogens is 1. The third-order valence-electron chi connectivity index (χ3n) is 4.13. The van der Waals surface area contributed by atoms with Crippen LogP contribution in [-0.4, -0.2) is 53.8 Å². The van der Waals surface area contributed by atoms with E-state index in [2.05, 4.69) is 15.3 Å². The highest BCUT2D eigenvalue weighted by atomic mass is 16.5. The van der Waals surface area contributed by atoms with E-state index in [0.717, 1.165) is 18.7 Å². The Kier molecular flexibility index (Phi) is 6.11. The van der Waals surface area contributed by atoms with Crippen molar-refractivity contribution in [2.45, 2.75) is 6.42 Å². The number of anilines is 1. The number of fused-ring (bicyclic) bond motifs is 1. The zero-order chi connectivity index (χ0) is 19.9. The zero-order valence-electron chi connectivity index (χ0n) is 15.9. The second kappa shape index (κ2) is 8.90. The van der Waals surface area contributed by atoms with E-state index < -0.39 is 0 Å². The number of nitrogens with one attached hydrogen (secondary N) is 2. The molecule has 0 unspecified atom stereocenters. The van der Waals surface area contributed by atoms with Gasteiger partial charge in [-0.1, -0.05) is 6.07 Å². The molecule has 146 valence electrons. The van der Waals surface area contributed by atoms with Crippen LogP contribution in [0, 0.1) is 0 Å². The molecule has 0 aliphatic rings. The van der Waals surface area contributed by atoms with Crippen LogP contribution in [0.5, 0.6) is 5.75 Å². The molecule has 0 saturated heterocycles. The number of hydrogen-bond acceptors (Lipinski definition) is 4. The van der Waals surface area contributed by atoms with Crippen LogP contribution in [-0.2, 0) is 0 Å². The number of nitrogens with zero attached hydrogens (tertiary/aromatic N) is 3. The average Bonchev–Trinajstić information content (AvgIpc) is 3.12. The van der Waals surface area contributed by atoms with E-state index in [0.29, 0.717) is 17.9 Å². The predicted molar refractivity (Wildman–Crippen MR) is 110 cm³/mol. The summed E-state index contributed by atoms with van der Waals surface area (Å²) < 4.78 is 7.05. The van der Waals surface area contributed by atoms with Crippen LogP contribution in [0.25, 0.3) is 5.65 Å². The van der Waals surface area contributed by atoms with Gasteiger partial charge in [-0.2, -0.15) is 0 Å². The number of hydrogen-bond donors (Lipinski definition) is 2. The molecule has 28 heavy (non-hydrogen) atoms. The van der Waals surface area contributed by atoms with Gasteiger partial charge in [-0.15, -0.1) is 0 Å². The molecular formula is C20H23N5O3. The fourth-order valence-electron chi connectivity index (χ4n) is 2.81. The average molecular weight is 381 g/mol. The molecule has 0 fully saturated rings. The number of aliphatic imine (C=N–C) groups is 1. The molecule has 0 saturated carbocycles. The van der Waals surface area contributed by atoms with Gasteiger partial charge in [0.05, 0.1) is 12.9 Å². The largest absolute Gasteiger partial charge is 0.494 e. The first-order chi connectivity index (χ1) is 13.6. The van der Waals surface area contributed by atoms with Crippen LogP contribution in [0.1, 0.15) is 16.9 Å². The van der Waals surface area contributed by atoms with Gasteiger partial charge in [0.2, 0.25) is 0 Å². The monoisotopic (exact) mass is 381 g/mol. The molecule has 3 aromatic rings. The Bertz CT molecular complexity index is 1020. The number of rotatable bonds is 8. The minimum absolute atomic E-state index is 0.251. The molecule has 2 N–H and O–H groups in total. The van der Waals surface area contributed by atoms with Gasteiger partial charge in [-0.3, -0.25) is 19.0 Å². The lowest BCUT2D eigenvalue weighted by Gasteiger charge is -2.13. The summed E-state index contributed by atoms with van der Waals surface area (Å²) in [7, 11) is 3.70. The number of aromatic nitrogens is 2. The maximum absolute atomic E-state index is 12.5. The molecule has 0 aliphatic carbocycles. The Labute approximate surface area is 162 Å². The minimum Gasteiger partial charge on any atom is -0.494 e. The van der Waals surface area contributed by atoms with E-state index in [1.807, 2.05) is 11.9 Å². The van der Waals surface area contributed by atoms with Crippen molar-refractivity contribution in [2.75, 3.05) is 32.6 Å². The highest BCUT2D eigenvalue weighted by molar-refractivity contribution is 6.03. The standard InChI is InChI=1S/C20H23N5O3/c1-21-14-24(2)11-4-12-28-16-9-7-15(8-10-16)23-20(27)17-13-22-18-5-3-6-19(26)25(17)18/h3,5-10,13-14,22H,4,11-12H2,1-2H3,(H,23,27). The fourth-order valence-corrected chi connectivity index (χ4v) is 2.81. The summed E-state index contributed by atoms with van der Waals surface area (Å²) in [5, 5.41) is 2.79. The Morgan fingerprint density at radius 2 is 2.07 bits per heavy atom. The number of carbonyl (C=O) groups is 1.